The molecule has 0 atom stereocenters. The van der Waals surface area contributed by atoms with Gasteiger partial charge in [0.25, 0.3) is 20.2 Å². The van der Waals surface area contributed by atoms with E-state index in [1.165, 1.54) is 36.4 Å². The molecular weight excluding hydrogens is 612 g/mol. The highest BCUT2D eigenvalue weighted by Crippen LogP contribution is 2.31. The van der Waals surface area contributed by atoms with Crippen molar-refractivity contribution in [3.8, 4) is 23.6 Å². The molecule has 0 radical (unpaired) electrons. The molecule has 0 amide bonds. The average molecular weight is 645 g/mol. The Kier molecular flexibility index (Phi) is 13.1. The third-order valence-electron chi connectivity index (χ3n) is 5.85. The minimum Gasteiger partial charge on any atom is -0.487 e. The fourth-order valence-electron chi connectivity index (χ4n) is 3.55. The van der Waals surface area contributed by atoms with Crippen LogP contribution in [0, 0.1) is 36.5 Å². The molecule has 3 aromatic carbocycles. The zero-order valence-corrected chi connectivity index (χ0v) is 25.9. The van der Waals surface area contributed by atoms with Crippen molar-refractivity contribution >= 4 is 20.2 Å². The lowest BCUT2D eigenvalue weighted by molar-refractivity contribution is 0.0712. The van der Waals surface area contributed by atoms with E-state index in [9.17, 15) is 27.4 Å². The zero-order chi connectivity index (χ0) is 32.0. The Morgan fingerprint density at radius 3 is 1.23 bits per heavy atom. The largest absolute Gasteiger partial charge is 0.487 e. The summed E-state index contributed by atoms with van der Waals surface area (Å²) < 4.78 is 81.0. The first kappa shape index (κ1) is 34.5. The van der Waals surface area contributed by atoms with Crippen LogP contribution < -0.4 is 9.47 Å². The van der Waals surface area contributed by atoms with E-state index in [0.29, 0.717) is 0 Å². The van der Waals surface area contributed by atoms with Crippen molar-refractivity contribution in [1.82, 2.24) is 0 Å². The molecule has 0 aliphatic rings. The second-order valence-corrected chi connectivity index (χ2v) is 12.4. The predicted octanol–water partition coefficient (Wildman–Crippen LogP) is 3.65. The molecule has 0 unspecified atom stereocenters. The molecule has 0 bridgehead atoms. The van der Waals surface area contributed by atoms with Gasteiger partial charge in [-0.25, -0.2) is 0 Å². The standard InChI is InChI=1S/C30H32N2O10S2/c1-23-3-7-27(8-4-23)43(33,34)41-17-13-37-11-15-39-29-19-25(21-31)26(22-32)20-30(29)40-16-12-38-14-18-42-44(35,36)28-9-5-24(2)6-10-28/h3-10,19-20H,11-18H2,1-2H3. The van der Waals surface area contributed by atoms with Crippen LogP contribution in [-0.4, -0.2) is 69.7 Å². The summed E-state index contributed by atoms with van der Waals surface area (Å²) in [4.78, 5) is 0.107. The number of ether oxygens (including phenoxy) is 4. The number of nitriles is 2. The lowest BCUT2D eigenvalue weighted by Crippen LogP contribution is -2.15. The van der Waals surface area contributed by atoms with Crippen LogP contribution in [0.25, 0.3) is 0 Å². The van der Waals surface area contributed by atoms with Crippen molar-refractivity contribution in [2.45, 2.75) is 23.6 Å². The summed E-state index contributed by atoms with van der Waals surface area (Å²) in [6.45, 7) is 3.49. The monoisotopic (exact) mass is 644 g/mol. The lowest BCUT2D eigenvalue weighted by atomic mass is 10.1. The summed E-state index contributed by atoms with van der Waals surface area (Å²) in [5.74, 6) is 0.379. The van der Waals surface area contributed by atoms with Crippen molar-refractivity contribution in [3.05, 3.63) is 82.9 Å². The Balaban J connectivity index is 1.41. The number of hydrogen-bond acceptors (Lipinski definition) is 12. The lowest BCUT2D eigenvalue weighted by Gasteiger charge is -2.14. The van der Waals surface area contributed by atoms with Crippen LogP contribution in [0.2, 0.25) is 0 Å². The molecule has 3 aromatic rings. The van der Waals surface area contributed by atoms with Gasteiger partial charge in [0, 0.05) is 12.1 Å². The van der Waals surface area contributed by atoms with E-state index in [2.05, 4.69) is 0 Å². The first-order chi connectivity index (χ1) is 21.1. The van der Waals surface area contributed by atoms with Crippen molar-refractivity contribution in [1.29, 1.82) is 10.5 Å². The molecule has 0 saturated heterocycles. The molecule has 12 nitrogen and oxygen atoms in total. The maximum Gasteiger partial charge on any atom is 0.297 e. The average Bonchev–Trinajstić information content (AvgIpc) is 3.00. The van der Waals surface area contributed by atoms with Crippen LogP contribution >= 0.6 is 0 Å². The molecule has 0 saturated carbocycles. The van der Waals surface area contributed by atoms with Gasteiger partial charge in [-0.15, -0.1) is 0 Å². The van der Waals surface area contributed by atoms with E-state index in [-0.39, 0.29) is 85.3 Å². The zero-order valence-electron chi connectivity index (χ0n) is 24.2. The molecule has 3 rings (SSSR count). The van der Waals surface area contributed by atoms with Crippen molar-refractivity contribution in [3.63, 3.8) is 0 Å². The molecule has 0 heterocycles. The van der Waals surface area contributed by atoms with E-state index >= 15 is 0 Å². The molecule has 0 spiro atoms. The quantitative estimate of drug-likeness (QED) is 0.146. The van der Waals surface area contributed by atoms with Gasteiger partial charge in [-0.3, -0.25) is 8.37 Å². The van der Waals surface area contributed by atoms with Crippen molar-refractivity contribution < 1.29 is 44.1 Å². The van der Waals surface area contributed by atoms with Gasteiger partial charge in [-0.2, -0.15) is 27.4 Å². The summed E-state index contributed by atoms with van der Waals surface area (Å²) >= 11 is 0. The van der Waals surface area contributed by atoms with Crippen LogP contribution in [0.4, 0.5) is 0 Å². The van der Waals surface area contributed by atoms with Gasteiger partial charge in [-0.05, 0) is 38.1 Å². The van der Waals surface area contributed by atoms with Crippen LogP contribution in [-0.2, 0) is 38.1 Å². The Bertz CT molecular complexity index is 1550. The van der Waals surface area contributed by atoms with Gasteiger partial charge >= 0.3 is 0 Å². The fourth-order valence-corrected chi connectivity index (χ4v) is 5.33. The second kappa shape index (κ2) is 16.7. The van der Waals surface area contributed by atoms with Crippen LogP contribution in [0.3, 0.4) is 0 Å². The Hall–Kier alpha value is -4.02. The fraction of sp³-hybridized carbons (Fsp3) is 0.333. The minimum atomic E-state index is -3.90. The number of aryl methyl sites for hydroxylation is 2. The highest BCUT2D eigenvalue weighted by atomic mass is 32.2. The van der Waals surface area contributed by atoms with Gasteiger partial charge in [0.1, 0.15) is 25.4 Å². The van der Waals surface area contributed by atoms with Crippen LogP contribution in [0.1, 0.15) is 22.3 Å². The number of hydrogen-bond donors (Lipinski definition) is 0. The summed E-state index contributed by atoms with van der Waals surface area (Å²) in [5.41, 5.74) is 2.03. The Labute approximate surface area is 257 Å². The summed E-state index contributed by atoms with van der Waals surface area (Å²) in [6.07, 6.45) is 0. The Morgan fingerprint density at radius 1 is 0.545 bits per heavy atom. The maximum atomic E-state index is 12.2. The molecule has 0 aromatic heterocycles. The van der Waals surface area contributed by atoms with E-state index < -0.39 is 20.2 Å². The molecule has 14 heteroatoms. The molecule has 0 fully saturated rings. The molecule has 44 heavy (non-hydrogen) atoms. The predicted molar refractivity (Wildman–Crippen MR) is 157 cm³/mol. The van der Waals surface area contributed by atoms with Gasteiger partial charge in [0.15, 0.2) is 11.5 Å². The highest BCUT2D eigenvalue weighted by Gasteiger charge is 2.16. The summed E-state index contributed by atoms with van der Waals surface area (Å²) in [5, 5.41) is 18.7. The SMILES string of the molecule is Cc1ccc(S(=O)(=O)OCCOCCOc2cc(C#N)c(C#N)cc2OCCOCCOS(=O)(=O)c2ccc(C)cc2)cc1. The topological polar surface area (TPSA) is 171 Å². The van der Waals surface area contributed by atoms with Crippen LogP contribution in [0.15, 0.2) is 70.5 Å². The maximum absolute atomic E-state index is 12.2. The Morgan fingerprint density at radius 2 is 0.886 bits per heavy atom. The van der Waals surface area contributed by atoms with Crippen molar-refractivity contribution in [2.24, 2.45) is 0 Å². The minimum absolute atomic E-state index is 0.0119. The highest BCUT2D eigenvalue weighted by molar-refractivity contribution is 7.87. The number of nitrogens with zero attached hydrogens (tertiary/aromatic N) is 2. The molecule has 234 valence electrons. The molecule has 0 aliphatic heterocycles. The first-order valence-corrected chi connectivity index (χ1v) is 16.2. The summed E-state index contributed by atoms with van der Waals surface area (Å²) in [7, 11) is -7.80. The van der Waals surface area contributed by atoms with E-state index in [1.54, 1.807) is 24.3 Å². The smallest absolute Gasteiger partial charge is 0.297 e. The molecular formula is C30H32N2O10S2. The van der Waals surface area contributed by atoms with Gasteiger partial charge in [-0.1, -0.05) is 35.4 Å². The number of rotatable bonds is 18. The normalized spacial score (nSPS) is 11.5. The molecule has 0 aliphatic carbocycles. The second-order valence-electron chi connectivity index (χ2n) is 9.17. The third-order valence-corrected chi connectivity index (χ3v) is 8.50. The van der Waals surface area contributed by atoms with E-state index in [0.717, 1.165) is 11.1 Å². The van der Waals surface area contributed by atoms with Crippen LogP contribution in [0.5, 0.6) is 11.5 Å². The van der Waals surface area contributed by atoms with Gasteiger partial charge in [0.2, 0.25) is 0 Å². The molecule has 0 N–H and O–H groups in total. The third kappa shape index (κ3) is 10.6. The van der Waals surface area contributed by atoms with Gasteiger partial charge in [0.05, 0.1) is 60.6 Å². The summed E-state index contributed by atoms with van der Waals surface area (Å²) in [6, 6.07) is 19.2. The van der Waals surface area contributed by atoms with Gasteiger partial charge < -0.3 is 18.9 Å². The first-order valence-electron chi connectivity index (χ1n) is 13.4. The number of benzene rings is 3. The van der Waals surface area contributed by atoms with Crippen molar-refractivity contribution in [2.75, 3.05) is 52.9 Å². The van der Waals surface area contributed by atoms with E-state index in [4.69, 9.17) is 27.3 Å². The van der Waals surface area contributed by atoms with E-state index in [1.807, 2.05) is 26.0 Å².